The smallest absolute Gasteiger partial charge is 0.219 e. The van der Waals surface area contributed by atoms with Crippen LogP contribution in [0.1, 0.15) is 13.8 Å². The number of alkyl halides is 1. The van der Waals surface area contributed by atoms with E-state index in [1.807, 2.05) is 4.90 Å². The lowest BCUT2D eigenvalue weighted by Gasteiger charge is -2.22. The van der Waals surface area contributed by atoms with Crippen molar-refractivity contribution in [2.24, 2.45) is 5.92 Å². The van der Waals surface area contributed by atoms with E-state index in [1.54, 1.807) is 6.92 Å². The summed E-state index contributed by atoms with van der Waals surface area (Å²) < 4.78 is 0. The number of rotatable bonds is 1. The van der Waals surface area contributed by atoms with E-state index in [0.717, 1.165) is 12.3 Å². The number of hydrogen-bond acceptors (Lipinski definition) is 2. The van der Waals surface area contributed by atoms with Crippen molar-refractivity contribution in [3.63, 3.8) is 0 Å². The second kappa shape index (κ2) is 4.01. The number of carbonyl (C=O) groups is 1. The molecule has 1 rings (SSSR count). The van der Waals surface area contributed by atoms with Crippen LogP contribution in [0.25, 0.3) is 0 Å². The fourth-order valence-corrected chi connectivity index (χ4v) is 3.49. The van der Waals surface area contributed by atoms with Gasteiger partial charge in [-0.05, 0) is 12.7 Å². The molecule has 70 valence electrons. The molecule has 0 spiro atoms. The molecule has 1 heterocycles. The Morgan fingerprint density at radius 1 is 1.75 bits per heavy atom. The average molecular weight is 252 g/mol. The first-order valence-electron chi connectivity index (χ1n) is 4.10. The first kappa shape index (κ1) is 10.4. The van der Waals surface area contributed by atoms with Gasteiger partial charge in [0.05, 0.1) is 0 Å². The van der Waals surface area contributed by atoms with Crippen molar-refractivity contribution in [3.8, 4) is 0 Å². The van der Waals surface area contributed by atoms with E-state index in [4.69, 9.17) is 0 Å². The van der Waals surface area contributed by atoms with Crippen LogP contribution in [0.4, 0.5) is 0 Å². The van der Waals surface area contributed by atoms with E-state index in [9.17, 15) is 4.79 Å². The number of carbonyl (C=O) groups excluding carboxylic acids is 1. The summed E-state index contributed by atoms with van der Waals surface area (Å²) in [5, 5.41) is 0. The van der Waals surface area contributed by atoms with Gasteiger partial charge in [-0.25, -0.2) is 0 Å². The van der Waals surface area contributed by atoms with Crippen LogP contribution in [0, 0.1) is 5.92 Å². The summed E-state index contributed by atoms with van der Waals surface area (Å²) >= 11 is 7.85. The Bertz CT molecular complexity index is 188. The zero-order valence-electron chi connectivity index (χ0n) is 7.33. The van der Waals surface area contributed by atoms with Crippen LogP contribution >= 0.6 is 28.6 Å². The fraction of sp³-hybridized carbons (Fsp3) is 0.875. The van der Waals surface area contributed by atoms with Gasteiger partial charge in [0, 0.05) is 30.3 Å². The summed E-state index contributed by atoms with van der Waals surface area (Å²) in [6.45, 7) is 4.53. The van der Waals surface area contributed by atoms with Gasteiger partial charge in [-0.2, -0.15) is 12.6 Å². The second-order valence-corrected chi connectivity index (χ2v) is 4.82. The quantitative estimate of drug-likeness (QED) is 0.554. The first-order chi connectivity index (χ1) is 5.57. The molecule has 0 radical (unpaired) electrons. The molecule has 0 saturated carbocycles. The minimum Gasteiger partial charge on any atom is -0.339 e. The van der Waals surface area contributed by atoms with Crippen molar-refractivity contribution in [3.05, 3.63) is 0 Å². The molecular formula is C8H14BrNOS. The van der Waals surface area contributed by atoms with Gasteiger partial charge in [-0.15, -0.1) is 0 Å². The molecule has 2 nitrogen and oxygen atoms in total. The van der Waals surface area contributed by atoms with E-state index >= 15 is 0 Å². The van der Waals surface area contributed by atoms with Crippen molar-refractivity contribution >= 4 is 34.5 Å². The van der Waals surface area contributed by atoms with Crippen molar-refractivity contribution in [1.82, 2.24) is 4.90 Å². The van der Waals surface area contributed by atoms with Crippen LogP contribution in [0.2, 0.25) is 0 Å². The molecule has 0 N–H and O–H groups in total. The molecule has 1 amide bonds. The van der Waals surface area contributed by atoms with Gasteiger partial charge < -0.3 is 4.90 Å². The lowest BCUT2D eigenvalue weighted by Crippen LogP contribution is -2.34. The highest BCUT2D eigenvalue weighted by Gasteiger charge is 2.37. The van der Waals surface area contributed by atoms with E-state index in [2.05, 4.69) is 35.5 Å². The SMILES string of the molecule is CC(=O)N1CC(Br)C(CS)C1C. The molecule has 4 heteroatoms. The Balaban J connectivity index is 2.68. The Kier molecular flexibility index (Phi) is 3.47. The third-order valence-corrected chi connectivity index (χ3v) is 3.95. The lowest BCUT2D eigenvalue weighted by atomic mass is 10.0. The highest BCUT2D eigenvalue weighted by atomic mass is 79.9. The maximum absolute atomic E-state index is 11.1. The molecule has 1 fully saturated rings. The molecule has 12 heavy (non-hydrogen) atoms. The van der Waals surface area contributed by atoms with Crippen molar-refractivity contribution < 1.29 is 4.79 Å². The number of likely N-dealkylation sites (tertiary alicyclic amines) is 1. The minimum atomic E-state index is 0.163. The summed E-state index contributed by atoms with van der Waals surface area (Å²) in [4.78, 5) is 13.5. The molecule has 3 atom stereocenters. The summed E-state index contributed by atoms with van der Waals surface area (Å²) in [7, 11) is 0. The number of nitrogens with zero attached hydrogens (tertiary/aromatic N) is 1. The number of halogens is 1. The lowest BCUT2D eigenvalue weighted by molar-refractivity contribution is -0.129. The molecule has 0 bridgehead atoms. The van der Waals surface area contributed by atoms with Gasteiger partial charge in [-0.1, -0.05) is 15.9 Å². The molecule has 1 aliphatic heterocycles. The molecule has 3 unspecified atom stereocenters. The van der Waals surface area contributed by atoms with Crippen molar-refractivity contribution in [1.29, 1.82) is 0 Å². The topological polar surface area (TPSA) is 20.3 Å². The van der Waals surface area contributed by atoms with Crippen LogP contribution in [-0.4, -0.2) is 34.0 Å². The number of thiol groups is 1. The van der Waals surface area contributed by atoms with Crippen LogP contribution in [-0.2, 0) is 4.79 Å². The van der Waals surface area contributed by atoms with E-state index in [-0.39, 0.29) is 5.91 Å². The van der Waals surface area contributed by atoms with Gasteiger partial charge in [0.25, 0.3) is 0 Å². The highest BCUT2D eigenvalue weighted by Crippen LogP contribution is 2.30. The van der Waals surface area contributed by atoms with Gasteiger partial charge in [0.2, 0.25) is 5.91 Å². The zero-order valence-corrected chi connectivity index (χ0v) is 9.81. The van der Waals surface area contributed by atoms with E-state index < -0.39 is 0 Å². The molecule has 1 aliphatic rings. The third-order valence-electron chi connectivity index (χ3n) is 2.56. The fourth-order valence-electron chi connectivity index (χ4n) is 1.71. The van der Waals surface area contributed by atoms with Crippen LogP contribution in [0.5, 0.6) is 0 Å². The van der Waals surface area contributed by atoms with Gasteiger partial charge in [0.1, 0.15) is 0 Å². The molecule has 0 aromatic carbocycles. The summed E-state index contributed by atoms with van der Waals surface area (Å²) in [6, 6.07) is 0.323. The van der Waals surface area contributed by atoms with Crippen molar-refractivity contribution in [2.75, 3.05) is 12.3 Å². The van der Waals surface area contributed by atoms with Crippen LogP contribution < -0.4 is 0 Å². The molecule has 0 aromatic heterocycles. The minimum absolute atomic E-state index is 0.163. The largest absolute Gasteiger partial charge is 0.339 e. The van der Waals surface area contributed by atoms with Crippen LogP contribution in [0.15, 0.2) is 0 Å². The Hall–Kier alpha value is 0.300. The summed E-state index contributed by atoms with van der Waals surface area (Å²) in [5.41, 5.74) is 0. The molecule has 1 saturated heterocycles. The number of hydrogen-bond donors (Lipinski definition) is 1. The number of amides is 1. The predicted molar refractivity (Wildman–Crippen MR) is 56.9 cm³/mol. The first-order valence-corrected chi connectivity index (χ1v) is 5.65. The summed E-state index contributed by atoms with van der Waals surface area (Å²) in [5.74, 6) is 1.48. The Morgan fingerprint density at radius 2 is 2.33 bits per heavy atom. The Labute approximate surface area is 87.2 Å². The van der Waals surface area contributed by atoms with Gasteiger partial charge >= 0.3 is 0 Å². The monoisotopic (exact) mass is 251 g/mol. The van der Waals surface area contributed by atoms with E-state index in [1.165, 1.54) is 0 Å². The third kappa shape index (κ3) is 1.79. The van der Waals surface area contributed by atoms with Crippen molar-refractivity contribution in [2.45, 2.75) is 24.7 Å². The maximum atomic E-state index is 11.1. The second-order valence-electron chi connectivity index (χ2n) is 3.27. The average Bonchev–Trinajstić information content (AvgIpc) is 2.27. The normalized spacial score (nSPS) is 35.7. The zero-order chi connectivity index (χ0) is 9.30. The molecule has 0 aliphatic carbocycles. The van der Waals surface area contributed by atoms with Crippen LogP contribution in [0.3, 0.4) is 0 Å². The van der Waals surface area contributed by atoms with Gasteiger partial charge in [0.15, 0.2) is 0 Å². The Morgan fingerprint density at radius 3 is 2.58 bits per heavy atom. The van der Waals surface area contributed by atoms with E-state index in [0.29, 0.717) is 16.8 Å². The standard InChI is InChI=1S/C8H14BrNOS/c1-5-7(4-12)8(9)3-10(5)6(2)11/h5,7-8,12H,3-4H2,1-2H3. The highest BCUT2D eigenvalue weighted by molar-refractivity contribution is 9.09. The molecular weight excluding hydrogens is 238 g/mol. The maximum Gasteiger partial charge on any atom is 0.219 e. The summed E-state index contributed by atoms with van der Waals surface area (Å²) in [6.07, 6.45) is 0. The molecule has 0 aromatic rings. The predicted octanol–water partition coefficient (Wildman–Crippen LogP) is 1.55. The van der Waals surface area contributed by atoms with Gasteiger partial charge in [-0.3, -0.25) is 4.79 Å².